The Hall–Kier alpha value is -2.14. The van der Waals surface area contributed by atoms with Gasteiger partial charge < -0.3 is 15.4 Å². The number of aromatic amines is 1. The molecule has 0 bridgehead atoms. The molecule has 5 heteroatoms. The summed E-state index contributed by atoms with van der Waals surface area (Å²) in [6.07, 6.45) is 0. The van der Waals surface area contributed by atoms with E-state index >= 15 is 0 Å². The smallest absolute Gasteiger partial charge is 0.255 e. The molecule has 17 heavy (non-hydrogen) atoms. The summed E-state index contributed by atoms with van der Waals surface area (Å²) in [4.78, 5) is 19.0. The number of phenols is 1. The van der Waals surface area contributed by atoms with E-state index in [1.165, 1.54) is 0 Å². The van der Waals surface area contributed by atoms with Crippen molar-refractivity contribution in [3.63, 3.8) is 0 Å². The molecule has 0 aliphatic carbocycles. The fourth-order valence-electron chi connectivity index (χ4n) is 1.93. The number of nitrogens with zero attached hydrogens (tertiary/aromatic N) is 1. The fraction of sp³-hybridized carbons (Fsp3) is 0.167. The van der Waals surface area contributed by atoms with Gasteiger partial charge in [-0.15, -0.1) is 0 Å². The second-order valence-corrected chi connectivity index (χ2v) is 3.99. The first-order valence-corrected chi connectivity index (χ1v) is 5.36. The lowest BCUT2D eigenvalue weighted by Gasteiger charge is -2.03. The average molecular weight is 229 g/mol. The molecule has 1 aliphatic rings. The molecule has 0 radical (unpaired) electrons. The van der Waals surface area contributed by atoms with Crippen LogP contribution < -0.4 is 10.9 Å². The molecule has 0 saturated heterocycles. The minimum absolute atomic E-state index is 0.0944. The van der Waals surface area contributed by atoms with Crippen LogP contribution in [0.3, 0.4) is 0 Å². The summed E-state index contributed by atoms with van der Waals surface area (Å²) in [6.45, 7) is 1.21. The van der Waals surface area contributed by atoms with Crippen molar-refractivity contribution < 1.29 is 5.11 Å². The maximum absolute atomic E-state index is 11.8. The number of aromatic hydroxyl groups is 1. The maximum Gasteiger partial charge on any atom is 0.255 e. The van der Waals surface area contributed by atoms with Gasteiger partial charge in [0, 0.05) is 18.7 Å². The molecule has 5 nitrogen and oxygen atoms in total. The Labute approximate surface area is 97.2 Å². The van der Waals surface area contributed by atoms with Gasteiger partial charge in [0.05, 0.1) is 11.3 Å². The van der Waals surface area contributed by atoms with Gasteiger partial charge in [0.15, 0.2) is 0 Å². The number of benzene rings is 1. The Kier molecular flexibility index (Phi) is 2.19. The van der Waals surface area contributed by atoms with Crippen molar-refractivity contribution in [2.45, 2.75) is 13.1 Å². The molecule has 2 heterocycles. The first-order chi connectivity index (χ1) is 8.24. The predicted molar refractivity (Wildman–Crippen MR) is 62.5 cm³/mol. The van der Waals surface area contributed by atoms with E-state index in [-0.39, 0.29) is 11.3 Å². The summed E-state index contributed by atoms with van der Waals surface area (Å²) < 4.78 is 0. The van der Waals surface area contributed by atoms with Crippen molar-refractivity contribution in [3.05, 3.63) is 45.9 Å². The summed E-state index contributed by atoms with van der Waals surface area (Å²) in [6, 6.07) is 6.59. The quantitative estimate of drug-likeness (QED) is 0.674. The van der Waals surface area contributed by atoms with Crippen LogP contribution in [0.4, 0.5) is 0 Å². The molecule has 3 N–H and O–H groups in total. The van der Waals surface area contributed by atoms with E-state index in [1.807, 2.05) is 0 Å². The number of nitrogens with one attached hydrogen (secondary N) is 2. The summed E-state index contributed by atoms with van der Waals surface area (Å²) in [5.41, 5.74) is 2.21. The van der Waals surface area contributed by atoms with Gasteiger partial charge in [0.25, 0.3) is 5.56 Å². The van der Waals surface area contributed by atoms with Crippen molar-refractivity contribution in [2.75, 3.05) is 0 Å². The highest BCUT2D eigenvalue weighted by Gasteiger charge is 2.16. The van der Waals surface area contributed by atoms with Gasteiger partial charge in [0.1, 0.15) is 11.6 Å². The minimum atomic E-state index is -0.0944. The molecule has 1 aliphatic heterocycles. The molecular weight excluding hydrogens is 218 g/mol. The van der Waals surface area contributed by atoms with Gasteiger partial charge >= 0.3 is 0 Å². The summed E-state index contributed by atoms with van der Waals surface area (Å²) in [5.74, 6) is 0.733. The third-order valence-corrected chi connectivity index (χ3v) is 2.84. The van der Waals surface area contributed by atoms with Gasteiger partial charge in [-0.05, 0) is 24.3 Å². The maximum atomic E-state index is 11.8. The topological polar surface area (TPSA) is 78.0 Å². The van der Waals surface area contributed by atoms with Crippen molar-refractivity contribution in [3.8, 4) is 17.1 Å². The van der Waals surface area contributed by atoms with Crippen LogP contribution >= 0.6 is 0 Å². The molecule has 0 fully saturated rings. The second-order valence-electron chi connectivity index (χ2n) is 3.99. The molecule has 0 atom stereocenters. The fourth-order valence-corrected chi connectivity index (χ4v) is 1.93. The van der Waals surface area contributed by atoms with E-state index in [0.717, 1.165) is 11.3 Å². The van der Waals surface area contributed by atoms with E-state index in [0.29, 0.717) is 24.5 Å². The average Bonchev–Trinajstić information content (AvgIpc) is 2.78. The normalized spacial score (nSPS) is 13.6. The Morgan fingerprint density at radius 2 is 1.94 bits per heavy atom. The van der Waals surface area contributed by atoms with E-state index in [1.54, 1.807) is 24.3 Å². The third kappa shape index (κ3) is 1.70. The number of aromatic nitrogens is 2. The molecular formula is C12H11N3O2. The molecule has 1 aromatic carbocycles. The molecule has 0 unspecified atom stereocenters. The number of hydrogen-bond donors (Lipinski definition) is 3. The van der Waals surface area contributed by atoms with Crippen LogP contribution in [0.5, 0.6) is 5.75 Å². The zero-order valence-electron chi connectivity index (χ0n) is 9.03. The van der Waals surface area contributed by atoms with Crippen LogP contribution in [0.2, 0.25) is 0 Å². The van der Waals surface area contributed by atoms with Gasteiger partial charge in [0.2, 0.25) is 0 Å². The lowest BCUT2D eigenvalue weighted by molar-refractivity contribution is 0.475. The zero-order chi connectivity index (χ0) is 11.8. The van der Waals surface area contributed by atoms with Gasteiger partial charge in [-0.1, -0.05) is 0 Å². The van der Waals surface area contributed by atoms with Crippen LogP contribution in [-0.4, -0.2) is 15.1 Å². The Morgan fingerprint density at radius 1 is 1.18 bits per heavy atom. The number of fused-ring (bicyclic) bond motifs is 1. The Bertz CT molecular complexity index is 617. The number of rotatable bonds is 1. The van der Waals surface area contributed by atoms with E-state index < -0.39 is 0 Å². The van der Waals surface area contributed by atoms with Crippen molar-refractivity contribution in [1.82, 2.24) is 15.3 Å². The van der Waals surface area contributed by atoms with E-state index in [4.69, 9.17) is 0 Å². The molecule has 0 spiro atoms. The van der Waals surface area contributed by atoms with Crippen molar-refractivity contribution >= 4 is 0 Å². The van der Waals surface area contributed by atoms with E-state index in [2.05, 4.69) is 15.3 Å². The lowest BCUT2D eigenvalue weighted by atomic mass is 10.2. The van der Waals surface area contributed by atoms with Gasteiger partial charge in [-0.3, -0.25) is 4.79 Å². The van der Waals surface area contributed by atoms with Crippen LogP contribution in [0.25, 0.3) is 11.4 Å². The SMILES string of the molecule is O=c1[nH]c(-c2ccc(O)cc2)nc2c1CNC2. The monoisotopic (exact) mass is 229 g/mol. The predicted octanol–water partition coefficient (Wildman–Crippen LogP) is 0.746. The largest absolute Gasteiger partial charge is 0.508 e. The van der Waals surface area contributed by atoms with E-state index in [9.17, 15) is 9.90 Å². The highest BCUT2D eigenvalue weighted by atomic mass is 16.3. The lowest BCUT2D eigenvalue weighted by Crippen LogP contribution is -2.15. The summed E-state index contributed by atoms with van der Waals surface area (Å²) in [7, 11) is 0. The highest BCUT2D eigenvalue weighted by Crippen LogP contribution is 2.19. The van der Waals surface area contributed by atoms with Crippen molar-refractivity contribution in [1.29, 1.82) is 0 Å². The molecule has 1 aromatic heterocycles. The number of phenolic OH excluding ortho intramolecular Hbond substituents is 1. The van der Waals surface area contributed by atoms with Gasteiger partial charge in [-0.25, -0.2) is 4.98 Å². The second kappa shape index (κ2) is 3.71. The number of H-pyrrole nitrogens is 1. The zero-order valence-corrected chi connectivity index (χ0v) is 9.03. The molecule has 3 rings (SSSR count). The summed E-state index contributed by atoms with van der Waals surface area (Å²) >= 11 is 0. The Balaban J connectivity index is 2.13. The molecule has 0 amide bonds. The van der Waals surface area contributed by atoms with Crippen LogP contribution in [0.1, 0.15) is 11.3 Å². The number of hydrogen-bond acceptors (Lipinski definition) is 4. The summed E-state index contributed by atoms with van der Waals surface area (Å²) in [5, 5.41) is 12.3. The minimum Gasteiger partial charge on any atom is -0.508 e. The first-order valence-electron chi connectivity index (χ1n) is 5.36. The van der Waals surface area contributed by atoms with Crippen LogP contribution in [0.15, 0.2) is 29.1 Å². The molecule has 2 aromatic rings. The highest BCUT2D eigenvalue weighted by molar-refractivity contribution is 5.56. The first kappa shape index (κ1) is 10.0. The molecule has 86 valence electrons. The van der Waals surface area contributed by atoms with Crippen LogP contribution in [-0.2, 0) is 13.1 Å². The molecule has 0 saturated carbocycles. The van der Waals surface area contributed by atoms with Crippen LogP contribution in [0, 0.1) is 0 Å². The Morgan fingerprint density at radius 3 is 2.71 bits per heavy atom. The third-order valence-electron chi connectivity index (χ3n) is 2.84. The van der Waals surface area contributed by atoms with Crippen molar-refractivity contribution in [2.24, 2.45) is 0 Å². The standard InChI is InChI=1S/C12H11N3O2/c16-8-3-1-7(2-4-8)11-14-10-6-13-5-9(10)12(17)15-11/h1-4,13,16H,5-6H2,(H,14,15,17). The van der Waals surface area contributed by atoms with Gasteiger partial charge in [-0.2, -0.15) is 0 Å².